The highest BCUT2D eigenvalue weighted by atomic mass is 19.1. The summed E-state index contributed by atoms with van der Waals surface area (Å²) >= 11 is 0. The Balaban J connectivity index is 2.36. The molecule has 5 nitrogen and oxygen atoms in total. The zero-order chi connectivity index (χ0) is 14.0. The first-order chi connectivity index (χ1) is 9.08. The van der Waals surface area contributed by atoms with E-state index in [0.29, 0.717) is 0 Å². The van der Waals surface area contributed by atoms with E-state index in [-0.39, 0.29) is 24.2 Å². The van der Waals surface area contributed by atoms with E-state index in [2.05, 4.69) is 4.74 Å². The number of rotatable bonds is 2. The van der Waals surface area contributed by atoms with Crippen molar-refractivity contribution < 1.29 is 18.7 Å². The van der Waals surface area contributed by atoms with E-state index >= 15 is 0 Å². The number of para-hydroxylation sites is 1. The van der Waals surface area contributed by atoms with Gasteiger partial charge in [0.2, 0.25) is 5.91 Å². The zero-order valence-electron chi connectivity index (χ0n) is 10.2. The molecule has 1 aromatic carbocycles. The summed E-state index contributed by atoms with van der Waals surface area (Å²) in [5.41, 5.74) is 0.000249. The summed E-state index contributed by atoms with van der Waals surface area (Å²) < 4.78 is 18.4. The van der Waals surface area contributed by atoms with Gasteiger partial charge in [-0.3, -0.25) is 9.59 Å². The monoisotopic (exact) mass is 262 g/mol. The van der Waals surface area contributed by atoms with E-state index in [9.17, 15) is 14.0 Å². The molecule has 1 heterocycles. The highest BCUT2D eigenvalue weighted by Gasteiger charge is 2.37. The quantitative estimate of drug-likeness (QED) is 0.751. The number of halogens is 1. The Kier molecular flexibility index (Phi) is 3.47. The van der Waals surface area contributed by atoms with Crippen molar-refractivity contribution in [1.29, 1.82) is 5.26 Å². The minimum Gasteiger partial charge on any atom is -0.469 e. The summed E-state index contributed by atoms with van der Waals surface area (Å²) in [7, 11) is 1.24. The van der Waals surface area contributed by atoms with Gasteiger partial charge in [0.1, 0.15) is 11.9 Å². The van der Waals surface area contributed by atoms with Gasteiger partial charge in [-0.15, -0.1) is 0 Å². The van der Waals surface area contributed by atoms with Crippen LogP contribution in [0.1, 0.15) is 12.0 Å². The number of benzene rings is 1. The zero-order valence-corrected chi connectivity index (χ0v) is 10.2. The van der Waals surface area contributed by atoms with E-state index in [1.165, 1.54) is 25.3 Å². The van der Waals surface area contributed by atoms with Crippen LogP contribution in [0.25, 0.3) is 0 Å². The van der Waals surface area contributed by atoms with Crippen molar-refractivity contribution in [3.05, 3.63) is 29.6 Å². The van der Waals surface area contributed by atoms with Crippen LogP contribution in [0.2, 0.25) is 0 Å². The van der Waals surface area contributed by atoms with Gasteiger partial charge in [0.05, 0.1) is 24.3 Å². The molecule has 6 heteroatoms. The summed E-state index contributed by atoms with van der Waals surface area (Å²) in [6.07, 6.45) is -0.0358. The molecule has 1 aliphatic rings. The van der Waals surface area contributed by atoms with Crippen LogP contribution >= 0.6 is 0 Å². The number of nitriles is 1. The molecule has 0 N–H and O–H groups in total. The first-order valence-corrected chi connectivity index (χ1v) is 5.65. The molecule has 1 unspecified atom stereocenters. The fraction of sp³-hybridized carbons (Fsp3) is 0.308. The summed E-state index contributed by atoms with van der Waals surface area (Å²) in [4.78, 5) is 24.4. The molecule has 0 bridgehead atoms. The topological polar surface area (TPSA) is 70.4 Å². The van der Waals surface area contributed by atoms with E-state index in [1.807, 2.05) is 6.07 Å². The largest absolute Gasteiger partial charge is 0.469 e. The van der Waals surface area contributed by atoms with Crippen LogP contribution in [-0.4, -0.2) is 25.5 Å². The van der Waals surface area contributed by atoms with E-state index in [0.717, 1.165) is 4.90 Å². The van der Waals surface area contributed by atoms with Gasteiger partial charge >= 0.3 is 5.97 Å². The molecule has 2 rings (SSSR count). The molecular formula is C13H11FN2O3. The average molecular weight is 262 g/mol. The van der Waals surface area contributed by atoms with Crippen molar-refractivity contribution in [2.24, 2.45) is 5.92 Å². The lowest BCUT2D eigenvalue weighted by atomic mass is 10.1. The van der Waals surface area contributed by atoms with Gasteiger partial charge in [0.25, 0.3) is 0 Å². The minimum absolute atomic E-state index is 0.0289. The molecule has 1 amide bonds. The molecule has 0 spiro atoms. The van der Waals surface area contributed by atoms with Crippen LogP contribution in [-0.2, 0) is 14.3 Å². The third kappa shape index (κ3) is 2.27. The lowest BCUT2D eigenvalue weighted by Crippen LogP contribution is -2.27. The second kappa shape index (κ2) is 5.06. The van der Waals surface area contributed by atoms with Crippen LogP contribution in [0, 0.1) is 23.1 Å². The Labute approximate surface area is 109 Å². The van der Waals surface area contributed by atoms with Crippen molar-refractivity contribution in [3.63, 3.8) is 0 Å². The van der Waals surface area contributed by atoms with Gasteiger partial charge in [0, 0.05) is 13.0 Å². The molecule has 1 aliphatic heterocycles. The van der Waals surface area contributed by atoms with Gasteiger partial charge in [0.15, 0.2) is 0 Å². The van der Waals surface area contributed by atoms with Gasteiger partial charge in [-0.1, -0.05) is 6.07 Å². The van der Waals surface area contributed by atoms with Crippen LogP contribution in [0.4, 0.5) is 10.1 Å². The number of nitrogens with zero attached hydrogens (tertiary/aromatic N) is 2. The highest BCUT2D eigenvalue weighted by molar-refractivity contribution is 6.00. The van der Waals surface area contributed by atoms with E-state index in [4.69, 9.17) is 5.26 Å². The fourth-order valence-corrected chi connectivity index (χ4v) is 2.13. The lowest BCUT2D eigenvalue weighted by molar-refractivity contribution is -0.145. The number of anilines is 1. The van der Waals surface area contributed by atoms with Crippen LogP contribution in [0.5, 0.6) is 0 Å². The number of ether oxygens (including phenoxy) is 1. The number of carbonyl (C=O) groups excluding carboxylic acids is 2. The molecule has 0 radical (unpaired) electrons. The Hall–Kier alpha value is -2.42. The highest BCUT2D eigenvalue weighted by Crippen LogP contribution is 2.30. The van der Waals surface area contributed by atoms with E-state index < -0.39 is 23.6 Å². The first kappa shape index (κ1) is 13.0. The molecule has 1 fully saturated rings. The summed E-state index contributed by atoms with van der Waals surface area (Å²) in [6.45, 7) is 0.0289. The van der Waals surface area contributed by atoms with Gasteiger partial charge < -0.3 is 9.64 Å². The SMILES string of the molecule is COC(=O)C1CC(=O)N(c2c(F)cccc2C#N)C1. The maximum absolute atomic E-state index is 13.8. The maximum Gasteiger partial charge on any atom is 0.311 e. The predicted molar refractivity (Wildman–Crippen MR) is 63.6 cm³/mol. The molecule has 0 aliphatic carbocycles. The Morgan fingerprint density at radius 3 is 2.95 bits per heavy atom. The summed E-state index contributed by atoms with van der Waals surface area (Å²) in [5, 5.41) is 8.96. The second-order valence-corrected chi connectivity index (χ2v) is 4.18. The molecule has 1 aromatic rings. The molecule has 19 heavy (non-hydrogen) atoms. The normalized spacial score (nSPS) is 18.3. The van der Waals surface area contributed by atoms with Crippen molar-refractivity contribution in [3.8, 4) is 6.07 Å². The van der Waals surface area contributed by atoms with Crippen molar-refractivity contribution >= 4 is 17.6 Å². The molecule has 1 atom stereocenters. The number of amides is 1. The van der Waals surface area contributed by atoms with Gasteiger partial charge in [-0.25, -0.2) is 4.39 Å². The minimum atomic E-state index is -0.655. The predicted octanol–water partition coefficient (Wildman–Crippen LogP) is 1.22. The maximum atomic E-state index is 13.8. The smallest absolute Gasteiger partial charge is 0.311 e. The van der Waals surface area contributed by atoms with Crippen molar-refractivity contribution in [2.75, 3.05) is 18.6 Å². The molecule has 0 aromatic heterocycles. The van der Waals surface area contributed by atoms with Gasteiger partial charge in [-0.2, -0.15) is 5.26 Å². The summed E-state index contributed by atoms with van der Waals surface area (Å²) in [6, 6.07) is 5.84. The van der Waals surface area contributed by atoms with Crippen molar-refractivity contribution in [1.82, 2.24) is 0 Å². The third-order valence-corrected chi connectivity index (χ3v) is 3.04. The Bertz CT molecular complexity index is 580. The van der Waals surface area contributed by atoms with E-state index in [1.54, 1.807) is 0 Å². The van der Waals surface area contributed by atoms with Crippen LogP contribution in [0.3, 0.4) is 0 Å². The van der Waals surface area contributed by atoms with Crippen molar-refractivity contribution in [2.45, 2.75) is 6.42 Å². The fourth-order valence-electron chi connectivity index (χ4n) is 2.13. The summed E-state index contributed by atoms with van der Waals surface area (Å²) in [5.74, 6) is -2.18. The lowest BCUT2D eigenvalue weighted by Gasteiger charge is -2.18. The Morgan fingerprint density at radius 1 is 1.58 bits per heavy atom. The standard InChI is InChI=1S/C13H11FN2O3/c1-19-13(18)9-5-11(17)16(7-9)12-8(6-15)3-2-4-10(12)14/h2-4,9H,5,7H2,1H3. The third-order valence-electron chi connectivity index (χ3n) is 3.04. The van der Waals surface area contributed by atoms with Crippen LogP contribution in [0.15, 0.2) is 18.2 Å². The van der Waals surface area contributed by atoms with Gasteiger partial charge in [-0.05, 0) is 12.1 Å². The second-order valence-electron chi connectivity index (χ2n) is 4.18. The molecular weight excluding hydrogens is 251 g/mol. The number of carbonyl (C=O) groups is 2. The molecule has 0 saturated carbocycles. The first-order valence-electron chi connectivity index (χ1n) is 5.65. The number of hydrogen-bond acceptors (Lipinski definition) is 4. The molecule has 98 valence electrons. The molecule has 1 saturated heterocycles. The number of methoxy groups -OCH3 is 1. The number of hydrogen-bond donors (Lipinski definition) is 0. The average Bonchev–Trinajstić information content (AvgIpc) is 2.79. The van der Waals surface area contributed by atoms with Crippen LogP contribution < -0.4 is 4.90 Å². The number of esters is 1. The Morgan fingerprint density at radius 2 is 2.32 bits per heavy atom.